The number of aliphatic imine (C=N–C) groups is 1. The van der Waals surface area contributed by atoms with Gasteiger partial charge in [-0.05, 0) is 37.8 Å². The number of ether oxygens (including phenoxy) is 3. The minimum atomic E-state index is -1.17. The van der Waals surface area contributed by atoms with Crippen molar-refractivity contribution in [1.29, 1.82) is 0 Å². The van der Waals surface area contributed by atoms with E-state index in [0.29, 0.717) is 24.2 Å². The lowest BCUT2D eigenvalue weighted by Gasteiger charge is -2.56. The average molecular weight is 429 g/mol. The average Bonchev–Trinajstić information content (AvgIpc) is 3.10. The zero-order valence-electron chi connectivity index (χ0n) is 19.0. The van der Waals surface area contributed by atoms with Crippen LogP contribution in [-0.2, 0) is 19.9 Å². The maximum absolute atomic E-state index is 12.6. The van der Waals surface area contributed by atoms with E-state index in [4.69, 9.17) is 19.2 Å². The minimum Gasteiger partial charge on any atom is -0.504 e. The molecule has 0 aromatic heterocycles. The van der Waals surface area contributed by atoms with Crippen LogP contribution in [0.15, 0.2) is 35.0 Å². The molecule has 0 bridgehead atoms. The van der Waals surface area contributed by atoms with E-state index in [1.165, 1.54) is 13.4 Å². The van der Waals surface area contributed by atoms with Gasteiger partial charge in [-0.3, -0.25) is 9.89 Å². The molecule has 0 aliphatic carbocycles. The third-order valence-corrected chi connectivity index (χ3v) is 7.44. The third kappa shape index (κ3) is 3.17. The second-order valence-electron chi connectivity index (χ2n) is 8.92. The number of benzene rings is 1. The predicted molar refractivity (Wildman–Crippen MR) is 118 cm³/mol. The third-order valence-electron chi connectivity index (χ3n) is 7.44. The van der Waals surface area contributed by atoms with Gasteiger partial charge in [-0.1, -0.05) is 19.4 Å². The molecular formula is C24H32N2O5. The minimum absolute atomic E-state index is 0.0608. The number of carbonyl (C=O) groups excluding carboxylic acids is 1. The Bertz CT molecular complexity index is 942. The fourth-order valence-electron chi connectivity index (χ4n) is 5.87. The second kappa shape index (κ2) is 7.95. The quantitative estimate of drug-likeness (QED) is 0.441. The first-order chi connectivity index (χ1) is 14.8. The van der Waals surface area contributed by atoms with Crippen LogP contribution in [0.25, 0.3) is 0 Å². The molecule has 1 aromatic carbocycles. The van der Waals surface area contributed by atoms with Crippen LogP contribution in [0.2, 0.25) is 0 Å². The lowest BCUT2D eigenvalue weighted by molar-refractivity contribution is -0.137. The van der Waals surface area contributed by atoms with E-state index in [-0.39, 0.29) is 17.8 Å². The number of fused-ring (bicyclic) bond motifs is 5. The standard InChI is InChI=1S/C24H32N2O5/c1-6-15-13-26-11-10-24(28)20-18(8-7-9-19(20)30-4)25-22(24)23(26,2)12-16(15)17(14-29-3)21(27)31-5/h7-9,14-16,28H,6,10-13H2,1-5H3/b17-14+/t15-,16+,23?,24+/m1/s1. The number of carbonyl (C=O) groups is 1. The van der Waals surface area contributed by atoms with Gasteiger partial charge in [0.05, 0.1) is 55.7 Å². The summed E-state index contributed by atoms with van der Waals surface area (Å²) in [5, 5.41) is 11.9. The highest BCUT2D eigenvalue weighted by molar-refractivity contribution is 6.07. The molecule has 2 fully saturated rings. The number of nitrogens with zero attached hydrogens (tertiary/aromatic N) is 2. The molecule has 1 unspecified atom stereocenters. The summed E-state index contributed by atoms with van der Waals surface area (Å²) >= 11 is 0. The molecule has 3 heterocycles. The molecule has 0 saturated carbocycles. The Hall–Kier alpha value is -2.38. The Kier molecular flexibility index (Phi) is 5.60. The molecule has 1 aromatic rings. The summed E-state index contributed by atoms with van der Waals surface area (Å²) in [6.45, 7) is 5.84. The molecule has 4 atom stereocenters. The van der Waals surface area contributed by atoms with Crippen LogP contribution in [0.4, 0.5) is 5.69 Å². The van der Waals surface area contributed by atoms with Crippen LogP contribution >= 0.6 is 0 Å². The predicted octanol–water partition coefficient (Wildman–Crippen LogP) is 3.18. The van der Waals surface area contributed by atoms with Gasteiger partial charge in [-0.2, -0.15) is 0 Å². The molecule has 0 amide bonds. The Labute approximate surface area is 183 Å². The largest absolute Gasteiger partial charge is 0.504 e. The topological polar surface area (TPSA) is 80.6 Å². The van der Waals surface area contributed by atoms with Gasteiger partial charge < -0.3 is 19.3 Å². The van der Waals surface area contributed by atoms with Crippen molar-refractivity contribution in [2.75, 3.05) is 34.4 Å². The van der Waals surface area contributed by atoms with Crippen molar-refractivity contribution in [3.8, 4) is 5.75 Å². The molecule has 168 valence electrons. The summed E-state index contributed by atoms with van der Waals surface area (Å²) in [6.07, 6.45) is 3.66. The van der Waals surface area contributed by atoms with Gasteiger partial charge in [0, 0.05) is 19.0 Å². The molecule has 4 rings (SSSR count). The molecule has 0 radical (unpaired) electrons. The Morgan fingerprint density at radius 3 is 2.77 bits per heavy atom. The summed E-state index contributed by atoms with van der Waals surface area (Å²) in [7, 11) is 4.56. The van der Waals surface area contributed by atoms with Crippen molar-refractivity contribution in [2.24, 2.45) is 16.8 Å². The molecule has 1 N–H and O–H groups in total. The first-order valence-corrected chi connectivity index (χ1v) is 10.9. The summed E-state index contributed by atoms with van der Waals surface area (Å²) in [5.74, 6) is 0.504. The van der Waals surface area contributed by atoms with Gasteiger partial charge in [0.15, 0.2) is 0 Å². The number of esters is 1. The lowest BCUT2D eigenvalue weighted by atomic mass is 9.64. The van der Waals surface area contributed by atoms with Gasteiger partial charge >= 0.3 is 5.97 Å². The molecule has 7 heteroatoms. The highest BCUT2D eigenvalue weighted by Crippen LogP contribution is 2.55. The SMILES string of the molecule is CC[C@@H]1CN2CC[C@@]3(O)C(=Nc4cccc(OC)c43)C2(C)C[C@@H]1/C(=C\OC)C(=O)OC. The molecule has 0 spiro atoms. The van der Waals surface area contributed by atoms with Crippen LogP contribution in [0.5, 0.6) is 5.75 Å². The Morgan fingerprint density at radius 1 is 1.35 bits per heavy atom. The zero-order valence-corrected chi connectivity index (χ0v) is 19.0. The highest BCUT2D eigenvalue weighted by Gasteiger charge is 2.59. The van der Waals surface area contributed by atoms with Gasteiger partial charge in [-0.15, -0.1) is 0 Å². The number of piperidine rings is 2. The van der Waals surface area contributed by atoms with Crippen molar-refractivity contribution in [3.63, 3.8) is 0 Å². The fourth-order valence-corrected chi connectivity index (χ4v) is 5.87. The Balaban J connectivity index is 1.79. The maximum atomic E-state index is 12.6. The molecule has 7 nitrogen and oxygen atoms in total. The summed E-state index contributed by atoms with van der Waals surface area (Å²) < 4.78 is 15.9. The van der Waals surface area contributed by atoms with Crippen LogP contribution in [-0.4, -0.2) is 61.6 Å². The first kappa shape index (κ1) is 21.8. The summed E-state index contributed by atoms with van der Waals surface area (Å²) in [6, 6.07) is 5.70. The van der Waals surface area contributed by atoms with Crippen molar-refractivity contribution in [3.05, 3.63) is 35.6 Å². The highest BCUT2D eigenvalue weighted by atomic mass is 16.5. The summed E-state index contributed by atoms with van der Waals surface area (Å²) in [5.41, 5.74) is 1.12. The normalized spacial score (nSPS) is 32.5. The smallest absolute Gasteiger partial charge is 0.337 e. The van der Waals surface area contributed by atoms with E-state index in [1.807, 2.05) is 18.2 Å². The van der Waals surface area contributed by atoms with Crippen LogP contribution in [0.3, 0.4) is 0 Å². The second-order valence-corrected chi connectivity index (χ2v) is 8.92. The van der Waals surface area contributed by atoms with E-state index in [0.717, 1.165) is 36.5 Å². The molecule has 3 aliphatic heterocycles. The van der Waals surface area contributed by atoms with Gasteiger partial charge in [-0.25, -0.2) is 4.79 Å². The maximum Gasteiger partial charge on any atom is 0.337 e. The van der Waals surface area contributed by atoms with E-state index in [9.17, 15) is 9.90 Å². The number of hydrogen-bond donors (Lipinski definition) is 1. The molecule has 3 aliphatic rings. The van der Waals surface area contributed by atoms with E-state index in [1.54, 1.807) is 14.2 Å². The Morgan fingerprint density at radius 2 is 2.13 bits per heavy atom. The number of hydrogen-bond acceptors (Lipinski definition) is 7. The van der Waals surface area contributed by atoms with Crippen LogP contribution < -0.4 is 4.74 Å². The summed E-state index contributed by atoms with van der Waals surface area (Å²) in [4.78, 5) is 20.0. The van der Waals surface area contributed by atoms with E-state index >= 15 is 0 Å². The number of methoxy groups -OCH3 is 3. The van der Waals surface area contributed by atoms with Gasteiger partial charge in [0.1, 0.15) is 11.4 Å². The fraction of sp³-hybridized carbons (Fsp3) is 0.583. The van der Waals surface area contributed by atoms with Crippen LogP contribution in [0.1, 0.15) is 38.7 Å². The number of rotatable bonds is 5. The van der Waals surface area contributed by atoms with Crippen molar-refractivity contribution >= 4 is 17.4 Å². The van der Waals surface area contributed by atoms with E-state index in [2.05, 4.69) is 18.7 Å². The monoisotopic (exact) mass is 428 g/mol. The number of aliphatic hydroxyl groups is 1. The first-order valence-electron chi connectivity index (χ1n) is 10.9. The van der Waals surface area contributed by atoms with Crippen molar-refractivity contribution in [2.45, 2.75) is 44.2 Å². The van der Waals surface area contributed by atoms with Gasteiger partial charge in [0.25, 0.3) is 0 Å². The molecular weight excluding hydrogens is 396 g/mol. The van der Waals surface area contributed by atoms with Crippen LogP contribution in [0, 0.1) is 11.8 Å². The molecule has 2 saturated heterocycles. The van der Waals surface area contributed by atoms with Crippen molar-refractivity contribution < 1.29 is 24.1 Å². The molecule has 31 heavy (non-hydrogen) atoms. The zero-order chi connectivity index (χ0) is 22.4. The van der Waals surface area contributed by atoms with Gasteiger partial charge in [0.2, 0.25) is 0 Å². The van der Waals surface area contributed by atoms with Crippen molar-refractivity contribution in [1.82, 2.24) is 4.90 Å². The van der Waals surface area contributed by atoms with E-state index < -0.39 is 11.1 Å². The lowest BCUT2D eigenvalue weighted by Crippen LogP contribution is -2.67.